The van der Waals surface area contributed by atoms with Crippen molar-refractivity contribution in [2.75, 3.05) is 32.0 Å². The van der Waals surface area contributed by atoms with Crippen LogP contribution in [0, 0.1) is 12.8 Å². The third-order valence-corrected chi connectivity index (χ3v) is 8.04. The lowest BCUT2D eigenvalue weighted by atomic mass is 9.95. The van der Waals surface area contributed by atoms with E-state index in [4.69, 9.17) is 14.2 Å². The molecule has 0 spiro atoms. The molecule has 0 radical (unpaired) electrons. The number of carbonyl (C=O) groups excluding carboxylic acids is 2. The molecule has 1 aliphatic rings. The number of aromatic nitrogens is 2. The molecule has 4 aromatic rings. The van der Waals surface area contributed by atoms with Crippen molar-refractivity contribution in [3.05, 3.63) is 69.6 Å². The highest BCUT2D eigenvalue weighted by Gasteiger charge is 2.30. The molecule has 45 heavy (non-hydrogen) atoms. The average Bonchev–Trinajstić information content (AvgIpc) is 3.21. The van der Waals surface area contributed by atoms with E-state index in [1.54, 1.807) is 33.5 Å². The van der Waals surface area contributed by atoms with Crippen LogP contribution in [0.3, 0.4) is 0 Å². The molecule has 0 saturated carbocycles. The summed E-state index contributed by atoms with van der Waals surface area (Å²) < 4.78 is 17.1. The Morgan fingerprint density at radius 1 is 1.00 bits per heavy atom. The predicted molar refractivity (Wildman–Crippen MR) is 174 cm³/mol. The summed E-state index contributed by atoms with van der Waals surface area (Å²) in [6.07, 6.45) is 1.13. The highest BCUT2D eigenvalue weighted by Crippen LogP contribution is 2.50. The predicted octanol–water partition coefficient (Wildman–Crippen LogP) is 5.12. The maximum absolute atomic E-state index is 13.8. The second-order valence-corrected chi connectivity index (χ2v) is 11.5. The van der Waals surface area contributed by atoms with Crippen LogP contribution in [0.4, 0.5) is 11.4 Å². The van der Waals surface area contributed by atoms with E-state index in [0.29, 0.717) is 46.9 Å². The quantitative estimate of drug-likeness (QED) is 0.204. The van der Waals surface area contributed by atoms with Gasteiger partial charge >= 0.3 is 0 Å². The molecule has 1 aromatic heterocycles. The summed E-state index contributed by atoms with van der Waals surface area (Å²) in [5.74, 6) is 1.54. The molecule has 11 nitrogen and oxygen atoms in total. The van der Waals surface area contributed by atoms with Gasteiger partial charge in [0.05, 0.1) is 44.1 Å². The van der Waals surface area contributed by atoms with Gasteiger partial charge in [0.1, 0.15) is 11.9 Å². The maximum atomic E-state index is 13.8. The number of imidazole rings is 1. The number of amides is 2. The first kappa shape index (κ1) is 31.4. The van der Waals surface area contributed by atoms with E-state index in [1.807, 2.05) is 45.0 Å². The van der Waals surface area contributed by atoms with Crippen molar-refractivity contribution in [1.82, 2.24) is 15.3 Å². The number of fused-ring (bicyclic) bond motifs is 4. The van der Waals surface area contributed by atoms with Crippen molar-refractivity contribution in [2.24, 2.45) is 5.92 Å². The summed E-state index contributed by atoms with van der Waals surface area (Å²) in [4.78, 5) is 47.2. The lowest BCUT2D eigenvalue weighted by Gasteiger charge is -2.22. The van der Waals surface area contributed by atoms with Gasteiger partial charge in [0.15, 0.2) is 11.5 Å². The molecule has 0 bridgehead atoms. The first-order valence-corrected chi connectivity index (χ1v) is 14.9. The molecule has 1 aliphatic carbocycles. The van der Waals surface area contributed by atoms with E-state index in [9.17, 15) is 14.4 Å². The minimum Gasteiger partial charge on any atom is -0.493 e. The van der Waals surface area contributed by atoms with E-state index < -0.39 is 12.1 Å². The van der Waals surface area contributed by atoms with Gasteiger partial charge in [-0.1, -0.05) is 19.9 Å². The molecule has 4 N–H and O–H groups in total. The van der Waals surface area contributed by atoms with Crippen LogP contribution in [-0.4, -0.2) is 49.2 Å². The number of hydrogen-bond donors (Lipinski definition) is 4. The highest BCUT2D eigenvalue weighted by molar-refractivity contribution is 5.98. The molecule has 3 aromatic carbocycles. The minimum atomic E-state index is -0.726. The molecular formula is C34H39N5O6. The number of rotatable bonds is 9. The van der Waals surface area contributed by atoms with Gasteiger partial charge in [0.2, 0.25) is 23.0 Å². The molecule has 1 heterocycles. The van der Waals surface area contributed by atoms with Crippen molar-refractivity contribution < 1.29 is 23.8 Å². The summed E-state index contributed by atoms with van der Waals surface area (Å²) in [6, 6.07) is 11.3. The Labute approximate surface area is 261 Å². The van der Waals surface area contributed by atoms with Gasteiger partial charge in [0, 0.05) is 18.2 Å². The van der Waals surface area contributed by atoms with E-state index in [2.05, 4.69) is 25.9 Å². The van der Waals surface area contributed by atoms with Gasteiger partial charge in [0.25, 0.3) is 0 Å². The Hall–Kier alpha value is -5.06. The summed E-state index contributed by atoms with van der Waals surface area (Å²) in [5.41, 5.74) is 5.20. The number of aryl methyl sites for hydroxylation is 2. The van der Waals surface area contributed by atoms with Gasteiger partial charge in [-0.25, -0.2) is 4.98 Å². The molecule has 2 amide bonds. The third-order valence-electron chi connectivity index (χ3n) is 8.04. The Morgan fingerprint density at radius 3 is 2.42 bits per heavy atom. The zero-order valence-electron chi connectivity index (χ0n) is 26.6. The number of aromatic amines is 1. The Bertz CT molecular complexity index is 1830. The zero-order valence-corrected chi connectivity index (χ0v) is 26.6. The number of anilines is 2. The lowest BCUT2D eigenvalue weighted by Crippen LogP contribution is -2.39. The van der Waals surface area contributed by atoms with Gasteiger partial charge in [-0.2, -0.15) is 0 Å². The monoisotopic (exact) mass is 613 g/mol. The SMILES string of the molecule is COc1cc2c(c(OC)c1OC)-c1ccc(NC(C(=O)Nc3ccc4nc(C)[nH]c4c3)C(C)C)c(=O)cc1C(NC(C)=O)CC2. The topological polar surface area (TPSA) is 144 Å². The highest BCUT2D eigenvalue weighted by atomic mass is 16.5. The zero-order chi connectivity index (χ0) is 32.4. The maximum Gasteiger partial charge on any atom is 0.247 e. The second-order valence-electron chi connectivity index (χ2n) is 11.5. The van der Waals surface area contributed by atoms with Crippen LogP contribution in [0.1, 0.15) is 50.2 Å². The van der Waals surface area contributed by atoms with Gasteiger partial charge in [-0.3, -0.25) is 14.4 Å². The fourth-order valence-corrected chi connectivity index (χ4v) is 5.96. The molecule has 0 saturated heterocycles. The third kappa shape index (κ3) is 6.29. The molecule has 0 fully saturated rings. The Morgan fingerprint density at radius 2 is 1.76 bits per heavy atom. The number of benzene rings is 2. The van der Waals surface area contributed by atoms with E-state index >= 15 is 0 Å². The first-order chi connectivity index (χ1) is 21.5. The van der Waals surface area contributed by atoms with Gasteiger partial charge in [-0.05, 0) is 78.8 Å². The average molecular weight is 614 g/mol. The summed E-state index contributed by atoms with van der Waals surface area (Å²) in [5, 5.41) is 9.20. The lowest BCUT2D eigenvalue weighted by molar-refractivity contribution is -0.120. The van der Waals surface area contributed by atoms with Crippen LogP contribution < -0.4 is 35.6 Å². The smallest absolute Gasteiger partial charge is 0.247 e. The van der Waals surface area contributed by atoms with Crippen molar-refractivity contribution in [2.45, 2.75) is 52.6 Å². The second kappa shape index (κ2) is 12.9. The standard InChI is InChI=1S/C34H39N5O6/c1-17(2)31(34(42)38-21-9-12-25-27(15-21)36-18(3)35-25)39-26-13-10-22-23(16-28(26)41)24(37-19(4)40)11-8-20-14-29(43-5)32(44-6)33(45-7)30(20)22/h9-10,12-17,24,31H,8,11H2,1-7H3,(H,35,36)(H,37,40)(H,38,42)(H,39,41). The van der Waals surface area contributed by atoms with Crippen molar-refractivity contribution in [3.63, 3.8) is 0 Å². The Balaban J connectivity index is 1.58. The van der Waals surface area contributed by atoms with Crippen LogP contribution >= 0.6 is 0 Å². The van der Waals surface area contributed by atoms with Gasteiger partial charge < -0.3 is 35.1 Å². The van der Waals surface area contributed by atoms with Crippen molar-refractivity contribution in [3.8, 4) is 28.4 Å². The number of hydrogen-bond acceptors (Lipinski definition) is 8. The summed E-state index contributed by atoms with van der Waals surface area (Å²) >= 11 is 0. The number of carbonyl (C=O) groups is 2. The normalized spacial score (nSPS) is 14.5. The molecule has 2 atom stereocenters. The fourth-order valence-electron chi connectivity index (χ4n) is 5.96. The van der Waals surface area contributed by atoms with Crippen LogP contribution in [0.25, 0.3) is 22.2 Å². The van der Waals surface area contributed by atoms with Crippen LogP contribution in [0.2, 0.25) is 0 Å². The molecular weight excluding hydrogens is 574 g/mol. The van der Waals surface area contributed by atoms with Crippen LogP contribution in [0.15, 0.2) is 47.3 Å². The van der Waals surface area contributed by atoms with Crippen LogP contribution in [0.5, 0.6) is 17.2 Å². The van der Waals surface area contributed by atoms with E-state index in [-0.39, 0.29) is 28.8 Å². The number of nitrogens with one attached hydrogen (secondary N) is 4. The Kier molecular flexibility index (Phi) is 8.99. The first-order valence-electron chi connectivity index (χ1n) is 14.9. The van der Waals surface area contributed by atoms with Crippen molar-refractivity contribution >= 4 is 34.2 Å². The number of H-pyrrole nitrogens is 1. The minimum absolute atomic E-state index is 0.157. The number of methoxy groups -OCH3 is 3. The van der Waals surface area contributed by atoms with E-state index in [1.165, 1.54) is 13.0 Å². The summed E-state index contributed by atoms with van der Waals surface area (Å²) in [7, 11) is 4.66. The summed E-state index contributed by atoms with van der Waals surface area (Å²) in [6.45, 7) is 7.15. The largest absolute Gasteiger partial charge is 0.493 e. The van der Waals surface area contributed by atoms with Crippen LogP contribution in [-0.2, 0) is 16.0 Å². The number of ether oxygens (including phenoxy) is 3. The number of nitrogens with zero attached hydrogens (tertiary/aromatic N) is 1. The molecule has 236 valence electrons. The van der Waals surface area contributed by atoms with Gasteiger partial charge in [-0.15, -0.1) is 0 Å². The van der Waals surface area contributed by atoms with E-state index in [0.717, 1.165) is 28.0 Å². The molecule has 0 aliphatic heterocycles. The molecule has 5 rings (SSSR count). The molecule has 2 unspecified atom stereocenters. The van der Waals surface area contributed by atoms with Crippen molar-refractivity contribution in [1.29, 1.82) is 0 Å². The molecule has 11 heteroatoms. The fraction of sp³-hybridized carbons (Fsp3) is 0.353.